The summed E-state index contributed by atoms with van der Waals surface area (Å²) >= 11 is 0. The first-order chi connectivity index (χ1) is 13.0. The summed E-state index contributed by atoms with van der Waals surface area (Å²) in [7, 11) is 1.45. The maximum absolute atomic E-state index is 12.4. The van der Waals surface area contributed by atoms with E-state index in [0.29, 0.717) is 19.4 Å². The van der Waals surface area contributed by atoms with Gasteiger partial charge in [0.25, 0.3) is 0 Å². The Balaban J connectivity index is 0.00000280. The largest absolute Gasteiger partial charge is 0.480 e. The molecule has 0 saturated heterocycles. The van der Waals surface area contributed by atoms with Crippen LogP contribution in [0.2, 0.25) is 0 Å². The van der Waals surface area contributed by atoms with Crippen LogP contribution in [0.4, 0.5) is 4.79 Å². The predicted molar refractivity (Wildman–Crippen MR) is 110 cm³/mol. The van der Waals surface area contributed by atoms with Crippen molar-refractivity contribution in [1.82, 2.24) is 4.90 Å². The molecule has 1 aliphatic rings. The third-order valence-electron chi connectivity index (χ3n) is 5.06. The van der Waals surface area contributed by atoms with Crippen LogP contribution in [0.5, 0.6) is 0 Å². The van der Waals surface area contributed by atoms with Crippen molar-refractivity contribution in [1.29, 1.82) is 0 Å². The molecule has 0 aromatic heterocycles. The summed E-state index contributed by atoms with van der Waals surface area (Å²) in [6.45, 7) is 0.544. The van der Waals surface area contributed by atoms with Crippen molar-refractivity contribution in [2.24, 2.45) is 5.73 Å². The average molecular weight is 405 g/mol. The van der Waals surface area contributed by atoms with Crippen LogP contribution in [-0.4, -0.2) is 48.3 Å². The summed E-state index contributed by atoms with van der Waals surface area (Å²) in [5.41, 5.74) is 9.99. The molecule has 2 aromatic rings. The minimum atomic E-state index is -1.06. The monoisotopic (exact) mass is 404 g/mol. The second-order valence-electron chi connectivity index (χ2n) is 6.70. The van der Waals surface area contributed by atoms with Crippen LogP contribution in [0.3, 0.4) is 0 Å². The number of hydrogen-bond acceptors (Lipinski definition) is 4. The Morgan fingerprint density at radius 3 is 2.14 bits per heavy atom. The molecule has 0 unspecified atom stereocenters. The second kappa shape index (κ2) is 9.57. The number of aliphatic carboxylic acids is 1. The van der Waals surface area contributed by atoms with E-state index in [2.05, 4.69) is 12.1 Å². The van der Waals surface area contributed by atoms with Gasteiger partial charge in [-0.25, -0.2) is 9.59 Å². The zero-order valence-corrected chi connectivity index (χ0v) is 16.5. The smallest absolute Gasteiger partial charge is 0.410 e. The fraction of sp³-hybridized carbons (Fsp3) is 0.333. The molecular formula is C21H25ClN2O4. The summed E-state index contributed by atoms with van der Waals surface area (Å²) in [4.78, 5) is 25.0. The Morgan fingerprint density at radius 1 is 1.11 bits per heavy atom. The van der Waals surface area contributed by atoms with Crippen LogP contribution in [0, 0.1) is 0 Å². The van der Waals surface area contributed by atoms with Crippen molar-refractivity contribution in [2.45, 2.75) is 24.8 Å². The summed E-state index contributed by atoms with van der Waals surface area (Å²) in [5.74, 6) is -1.11. The number of likely N-dealkylation sites (N-methyl/N-ethyl adjacent to an activating group) is 1. The average Bonchev–Trinajstić information content (AvgIpc) is 3.00. The molecule has 2 aromatic carbocycles. The fourth-order valence-electron chi connectivity index (χ4n) is 3.62. The third kappa shape index (κ3) is 4.29. The number of carboxylic acids is 1. The van der Waals surface area contributed by atoms with Gasteiger partial charge in [0.15, 0.2) is 0 Å². The lowest BCUT2D eigenvalue weighted by atomic mass is 9.98. The van der Waals surface area contributed by atoms with Gasteiger partial charge in [0.1, 0.15) is 12.6 Å². The highest BCUT2D eigenvalue weighted by Gasteiger charge is 2.31. The van der Waals surface area contributed by atoms with Gasteiger partial charge in [0.05, 0.1) is 0 Å². The fourth-order valence-corrected chi connectivity index (χ4v) is 3.62. The third-order valence-corrected chi connectivity index (χ3v) is 5.06. The molecule has 0 heterocycles. The van der Waals surface area contributed by atoms with E-state index in [1.807, 2.05) is 36.4 Å². The van der Waals surface area contributed by atoms with E-state index in [1.165, 1.54) is 7.05 Å². The molecule has 1 atom stereocenters. The van der Waals surface area contributed by atoms with E-state index in [9.17, 15) is 14.7 Å². The van der Waals surface area contributed by atoms with Gasteiger partial charge in [-0.3, -0.25) is 4.90 Å². The van der Waals surface area contributed by atoms with Gasteiger partial charge >= 0.3 is 12.1 Å². The number of nitrogens with two attached hydrogens (primary N) is 1. The topological polar surface area (TPSA) is 92.9 Å². The Hall–Kier alpha value is -2.57. The SMILES string of the molecule is CN(C(=O)OCC1c2ccccc2-c2ccccc21)[C@@H](CCCN)C(=O)O.Cl. The van der Waals surface area contributed by atoms with Gasteiger partial charge in [-0.15, -0.1) is 12.4 Å². The molecule has 0 aliphatic heterocycles. The van der Waals surface area contributed by atoms with E-state index in [-0.39, 0.29) is 24.9 Å². The normalized spacial score (nSPS) is 13.1. The number of halogens is 1. The summed E-state index contributed by atoms with van der Waals surface area (Å²) in [6.07, 6.45) is 0.186. The number of benzene rings is 2. The Morgan fingerprint density at radius 2 is 1.64 bits per heavy atom. The molecule has 0 spiro atoms. The van der Waals surface area contributed by atoms with Gasteiger partial charge in [-0.1, -0.05) is 48.5 Å². The quantitative estimate of drug-likeness (QED) is 0.736. The van der Waals surface area contributed by atoms with Crippen molar-refractivity contribution in [3.05, 3.63) is 59.7 Å². The Labute approximate surface area is 170 Å². The molecule has 1 aliphatic carbocycles. The number of rotatable bonds is 7. The van der Waals surface area contributed by atoms with Gasteiger partial charge in [-0.05, 0) is 41.6 Å². The number of hydrogen-bond donors (Lipinski definition) is 2. The highest BCUT2D eigenvalue weighted by atomic mass is 35.5. The summed E-state index contributed by atoms with van der Waals surface area (Å²) in [6, 6.07) is 15.2. The van der Waals surface area contributed by atoms with Crippen LogP contribution in [0.1, 0.15) is 29.9 Å². The first-order valence-corrected chi connectivity index (χ1v) is 9.05. The highest BCUT2D eigenvalue weighted by molar-refractivity contribution is 5.85. The molecule has 150 valence electrons. The standard InChI is InChI=1S/C21H24N2O4.ClH/c1-23(19(20(24)25)11-6-12-22)21(26)27-13-18-16-9-4-2-7-14(16)15-8-3-5-10-17(15)18;/h2-5,7-10,18-19H,6,11-13,22H2,1H3,(H,24,25);1H/t19-;/m0./s1. The molecular weight excluding hydrogens is 380 g/mol. The number of amides is 1. The summed E-state index contributed by atoms with van der Waals surface area (Å²) < 4.78 is 5.50. The van der Waals surface area contributed by atoms with Crippen molar-refractivity contribution < 1.29 is 19.4 Å². The number of carbonyl (C=O) groups excluding carboxylic acids is 1. The molecule has 0 bridgehead atoms. The molecule has 3 rings (SSSR count). The lowest BCUT2D eigenvalue weighted by molar-refractivity contribution is -0.142. The predicted octanol–water partition coefficient (Wildman–Crippen LogP) is 3.48. The van der Waals surface area contributed by atoms with Gasteiger partial charge < -0.3 is 15.6 Å². The van der Waals surface area contributed by atoms with Crippen molar-refractivity contribution in [3.8, 4) is 11.1 Å². The van der Waals surface area contributed by atoms with Crippen LogP contribution in [-0.2, 0) is 9.53 Å². The van der Waals surface area contributed by atoms with Crippen molar-refractivity contribution in [3.63, 3.8) is 0 Å². The minimum Gasteiger partial charge on any atom is -0.480 e. The van der Waals surface area contributed by atoms with Crippen LogP contribution in [0.25, 0.3) is 11.1 Å². The Kier molecular flexibility index (Phi) is 7.43. The van der Waals surface area contributed by atoms with E-state index < -0.39 is 18.1 Å². The van der Waals surface area contributed by atoms with Crippen molar-refractivity contribution >= 4 is 24.5 Å². The molecule has 0 saturated carbocycles. The Bertz CT molecular complexity index is 797. The number of carboxylic acid groups (broad SMARTS) is 1. The van der Waals surface area contributed by atoms with Crippen molar-refractivity contribution in [2.75, 3.05) is 20.2 Å². The number of carbonyl (C=O) groups is 2. The molecule has 7 heteroatoms. The first-order valence-electron chi connectivity index (χ1n) is 9.05. The van der Waals surface area contributed by atoms with E-state index >= 15 is 0 Å². The van der Waals surface area contributed by atoms with Crippen LogP contribution in [0.15, 0.2) is 48.5 Å². The molecule has 6 nitrogen and oxygen atoms in total. The van der Waals surface area contributed by atoms with E-state index in [0.717, 1.165) is 27.2 Å². The zero-order chi connectivity index (χ0) is 19.4. The van der Waals surface area contributed by atoms with Gasteiger partial charge in [0.2, 0.25) is 0 Å². The first kappa shape index (κ1) is 21.7. The van der Waals surface area contributed by atoms with Crippen LogP contribution >= 0.6 is 12.4 Å². The number of nitrogens with zero attached hydrogens (tertiary/aromatic N) is 1. The highest BCUT2D eigenvalue weighted by Crippen LogP contribution is 2.44. The molecule has 3 N–H and O–H groups in total. The number of ether oxygens (including phenoxy) is 1. The second-order valence-corrected chi connectivity index (χ2v) is 6.70. The maximum atomic E-state index is 12.4. The van der Waals surface area contributed by atoms with Gasteiger partial charge in [0, 0.05) is 13.0 Å². The van der Waals surface area contributed by atoms with Gasteiger partial charge in [-0.2, -0.15) is 0 Å². The van der Waals surface area contributed by atoms with E-state index in [4.69, 9.17) is 10.5 Å². The minimum absolute atomic E-state index is 0. The molecule has 1 amide bonds. The molecule has 28 heavy (non-hydrogen) atoms. The maximum Gasteiger partial charge on any atom is 0.410 e. The number of fused-ring (bicyclic) bond motifs is 3. The lowest BCUT2D eigenvalue weighted by Crippen LogP contribution is -2.43. The molecule has 0 radical (unpaired) electrons. The zero-order valence-electron chi connectivity index (χ0n) is 15.7. The molecule has 0 fully saturated rings. The van der Waals surface area contributed by atoms with Crippen LogP contribution < -0.4 is 5.73 Å². The summed E-state index contributed by atoms with van der Waals surface area (Å²) in [5, 5.41) is 9.37. The lowest BCUT2D eigenvalue weighted by Gasteiger charge is -2.25. The van der Waals surface area contributed by atoms with E-state index in [1.54, 1.807) is 0 Å².